The zero-order valence-corrected chi connectivity index (χ0v) is 17.9. The van der Waals surface area contributed by atoms with E-state index >= 15 is 0 Å². The van der Waals surface area contributed by atoms with Gasteiger partial charge in [-0.2, -0.15) is 0 Å². The van der Waals surface area contributed by atoms with Crippen LogP contribution in [-0.2, 0) is 6.54 Å². The number of amides is 1. The van der Waals surface area contributed by atoms with E-state index in [4.69, 9.17) is 4.98 Å². The number of pyridine rings is 2. The van der Waals surface area contributed by atoms with Crippen LogP contribution < -0.4 is 5.32 Å². The Morgan fingerprint density at radius 1 is 1.03 bits per heavy atom. The van der Waals surface area contributed by atoms with Gasteiger partial charge in [0, 0.05) is 35.3 Å². The molecule has 3 aromatic heterocycles. The van der Waals surface area contributed by atoms with Crippen LogP contribution >= 0.6 is 11.3 Å². The second-order valence-corrected chi connectivity index (χ2v) is 8.60. The summed E-state index contributed by atoms with van der Waals surface area (Å²) in [6, 6.07) is 13.3. The fraction of sp³-hybridized carbons (Fsp3) is 0.250. The monoisotopic (exact) mass is 429 g/mol. The fourth-order valence-corrected chi connectivity index (χ4v) is 4.68. The zero-order chi connectivity index (χ0) is 21.0. The van der Waals surface area contributed by atoms with E-state index in [0.29, 0.717) is 10.7 Å². The zero-order valence-electron chi connectivity index (χ0n) is 17.1. The largest absolute Gasteiger partial charge is 0.298 e. The molecule has 1 aromatic carbocycles. The summed E-state index contributed by atoms with van der Waals surface area (Å²) in [6.45, 7) is 3.09. The van der Waals surface area contributed by atoms with E-state index in [1.54, 1.807) is 12.4 Å². The Bertz CT molecular complexity index is 1200. The highest BCUT2D eigenvalue weighted by Gasteiger charge is 2.17. The van der Waals surface area contributed by atoms with Crippen molar-refractivity contribution < 1.29 is 4.79 Å². The van der Waals surface area contributed by atoms with E-state index in [-0.39, 0.29) is 5.91 Å². The molecule has 4 aromatic rings. The van der Waals surface area contributed by atoms with Gasteiger partial charge in [-0.3, -0.25) is 20.0 Å². The number of rotatable bonds is 5. The minimum atomic E-state index is -0.173. The number of aromatic nitrogens is 3. The molecule has 1 amide bonds. The lowest BCUT2D eigenvalue weighted by molar-refractivity contribution is 0.102. The Morgan fingerprint density at radius 2 is 1.84 bits per heavy atom. The Hall–Kier alpha value is -3.16. The topological polar surface area (TPSA) is 71.0 Å². The molecule has 7 heteroatoms. The van der Waals surface area contributed by atoms with Crippen LogP contribution in [0.1, 0.15) is 35.3 Å². The highest BCUT2D eigenvalue weighted by molar-refractivity contribution is 7.14. The van der Waals surface area contributed by atoms with Crippen molar-refractivity contribution in [3.05, 3.63) is 71.5 Å². The van der Waals surface area contributed by atoms with Gasteiger partial charge >= 0.3 is 0 Å². The quantitative estimate of drug-likeness (QED) is 0.484. The predicted molar refractivity (Wildman–Crippen MR) is 124 cm³/mol. The van der Waals surface area contributed by atoms with Crippen LogP contribution in [0.5, 0.6) is 0 Å². The number of nitrogens with one attached hydrogen (secondary N) is 1. The van der Waals surface area contributed by atoms with Gasteiger partial charge in [0.15, 0.2) is 5.13 Å². The average molecular weight is 430 g/mol. The average Bonchev–Trinajstić information content (AvgIpc) is 3.26. The number of benzene rings is 1. The van der Waals surface area contributed by atoms with Crippen molar-refractivity contribution in [1.29, 1.82) is 0 Å². The summed E-state index contributed by atoms with van der Waals surface area (Å²) in [5, 5.41) is 6.49. The number of para-hydroxylation sites is 1. The number of thiazole rings is 1. The van der Waals surface area contributed by atoms with Crippen LogP contribution in [-0.4, -0.2) is 38.8 Å². The molecule has 1 aliphatic heterocycles. The standard InChI is InChI=1S/C24H23N5OS/c30-23(28-24-26-18(16-31-24)15-29-12-4-1-5-13-29)20-14-22(17-8-10-25-11-9-17)27-21-7-3-2-6-19(20)21/h2-3,6-11,14,16H,1,4-5,12-13,15H2,(H,26,28,30). The van der Waals surface area contributed by atoms with Gasteiger partial charge in [-0.1, -0.05) is 24.6 Å². The molecule has 5 rings (SSSR count). The maximum atomic E-state index is 13.2. The summed E-state index contributed by atoms with van der Waals surface area (Å²) in [7, 11) is 0. The van der Waals surface area contributed by atoms with Gasteiger partial charge in [0.2, 0.25) is 0 Å². The van der Waals surface area contributed by atoms with Gasteiger partial charge in [-0.15, -0.1) is 11.3 Å². The van der Waals surface area contributed by atoms with Gasteiger partial charge < -0.3 is 0 Å². The van der Waals surface area contributed by atoms with E-state index in [2.05, 4.69) is 20.2 Å². The Labute approximate surface area is 185 Å². The fourth-order valence-electron chi connectivity index (χ4n) is 3.98. The van der Waals surface area contributed by atoms with Crippen LogP contribution in [0, 0.1) is 0 Å². The third-order valence-electron chi connectivity index (χ3n) is 5.54. The molecule has 1 saturated heterocycles. The number of hydrogen-bond donors (Lipinski definition) is 1. The molecule has 31 heavy (non-hydrogen) atoms. The first kappa shape index (κ1) is 19.8. The number of fused-ring (bicyclic) bond motifs is 1. The molecule has 0 spiro atoms. The lowest BCUT2D eigenvalue weighted by atomic mass is 10.0. The molecular weight excluding hydrogens is 406 g/mol. The van der Waals surface area contributed by atoms with Crippen LogP contribution in [0.2, 0.25) is 0 Å². The van der Waals surface area contributed by atoms with E-state index < -0.39 is 0 Å². The van der Waals surface area contributed by atoms with Crippen molar-refractivity contribution in [3.63, 3.8) is 0 Å². The minimum absolute atomic E-state index is 0.173. The predicted octanol–water partition coefficient (Wildman–Crippen LogP) is 4.99. The number of nitrogens with zero attached hydrogens (tertiary/aromatic N) is 4. The van der Waals surface area contributed by atoms with Gasteiger partial charge in [0.05, 0.1) is 22.5 Å². The SMILES string of the molecule is O=C(Nc1nc(CN2CCCCC2)cs1)c1cc(-c2ccncc2)nc2ccccc12. The summed E-state index contributed by atoms with van der Waals surface area (Å²) in [4.78, 5) is 29.1. The minimum Gasteiger partial charge on any atom is -0.298 e. The molecule has 0 unspecified atom stereocenters. The molecule has 0 aliphatic carbocycles. The van der Waals surface area contributed by atoms with Gasteiger partial charge in [-0.25, -0.2) is 9.97 Å². The second kappa shape index (κ2) is 8.91. The first-order chi connectivity index (χ1) is 15.3. The number of carbonyl (C=O) groups excluding carboxylic acids is 1. The lowest BCUT2D eigenvalue weighted by Gasteiger charge is -2.25. The normalized spacial score (nSPS) is 14.6. The van der Waals surface area contributed by atoms with Crippen molar-refractivity contribution in [1.82, 2.24) is 19.9 Å². The highest BCUT2D eigenvalue weighted by atomic mass is 32.1. The van der Waals surface area contributed by atoms with Crippen LogP contribution in [0.25, 0.3) is 22.2 Å². The number of piperidine rings is 1. The first-order valence-corrected chi connectivity index (χ1v) is 11.4. The molecule has 1 fully saturated rings. The number of hydrogen-bond acceptors (Lipinski definition) is 6. The molecule has 1 aliphatic rings. The molecular formula is C24H23N5OS. The molecule has 0 bridgehead atoms. The number of carbonyl (C=O) groups is 1. The lowest BCUT2D eigenvalue weighted by Crippen LogP contribution is -2.29. The molecule has 1 N–H and O–H groups in total. The van der Waals surface area contributed by atoms with Crippen LogP contribution in [0.3, 0.4) is 0 Å². The summed E-state index contributed by atoms with van der Waals surface area (Å²) in [6.07, 6.45) is 7.28. The number of likely N-dealkylation sites (tertiary alicyclic amines) is 1. The summed E-state index contributed by atoms with van der Waals surface area (Å²) in [5.74, 6) is -0.173. The van der Waals surface area contributed by atoms with Crippen LogP contribution in [0.15, 0.2) is 60.2 Å². The Balaban J connectivity index is 1.40. The molecule has 156 valence electrons. The van der Waals surface area contributed by atoms with Gasteiger partial charge in [-0.05, 0) is 50.2 Å². The third kappa shape index (κ3) is 4.47. The maximum Gasteiger partial charge on any atom is 0.258 e. The van der Waals surface area contributed by atoms with Crippen molar-refractivity contribution >= 4 is 33.3 Å². The van der Waals surface area contributed by atoms with E-state index in [0.717, 1.165) is 47.5 Å². The number of anilines is 1. The maximum absolute atomic E-state index is 13.2. The second-order valence-electron chi connectivity index (χ2n) is 7.74. The van der Waals surface area contributed by atoms with Crippen molar-refractivity contribution in [3.8, 4) is 11.3 Å². The highest BCUT2D eigenvalue weighted by Crippen LogP contribution is 2.26. The summed E-state index contributed by atoms with van der Waals surface area (Å²) in [5.41, 5.74) is 4.06. The van der Waals surface area contributed by atoms with Crippen molar-refractivity contribution in [2.24, 2.45) is 0 Å². The van der Waals surface area contributed by atoms with E-state index in [1.165, 1.54) is 30.6 Å². The Kier molecular flexibility index (Phi) is 5.69. The first-order valence-electron chi connectivity index (χ1n) is 10.5. The third-order valence-corrected chi connectivity index (χ3v) is 6.35. The van der Waals surface area contributed by atoms with Crippen molar-refractivity contribution in [2.75, 3.05) is 18.4 Å². The van der Waals surface area contributed by atoms with E-state index in [1.807, 2.05) is 47.8 Å². The van der Waals surface area contributed by atoms with Gasteiger partial charge in [0.25, 0.3) is 5.91 Å². The molecule has 0 atom stereocenters. The van der Waals surface area contributed by atoms with Crippen molar-refractivity contribution in [2.45, 2.75) is 25.8 Å². The molecule has 0 saturated carbocycles. The molecule has 0 radical (unpaired) electrons. The molecule has 4 heterocycles. The Morgan fingerprint density at radius 3 is 2.68 bits per heavy atom. The summed E-state index contributed by atoms with van der Waals surface area (Å²) < 4.78 is 0. The van der Waals surface area contributed by atoms with Gasteiger partial charge in [0.1, 0.15) is 0 Å². The van der Waals surface area contributed by atoms with Crippen LogP contribution in [0.4, 0.5) is 5.13 Å². The smallest absolute Gasteiger partial charge is 0.258 e. The summed E-state index contributed by atoms with van der Waals surface area (Å²) >= 11 is 1.47. The van der Waals surface area contributed by atoms with E-state index in [9.17, 15) is 4.79 Å². The molecule has 6 nitrogen and oxygen atoms in total.